The fraction of sp³-hybridized carbons (Fsp3) is 0.857. The highest BCUT2D eigenvalue weighted by Crippen LogP contribution is 2.29. The third-order valence-corrected chi connectivity index (χ3v) is 2.64. The van der Waals surface area contributed by atoms with Crippen molar-refractivity contribution in [2.45, 2.75) is 59.3 Å². The summed E-state index contributed by atoms with van der Waals surface area (Å²) in [5, 5.41) is 2.75. The Morgan fingerprint density at radius 3 is 1.87 bits per heavy atom. The lowest BCUT2D eigenvalue weighted by molar-refractivity contribution is 0.398. The first kappa shape index (κ1) is 17.1. The van der Waals surface area contributed by atoms with Gasteiger partial charge in [-0.1, -0.05) is 52.2 Å². The molecule has 0 aromatic carbocycles. The molecule has 0 aliphatic heterocycles. The summed E-state index contributed by atoms with van der Waals surface area (Å²) < 4.78 is 0. The van der Waals surface area contributed by atoms with Crippen LogP contribution >= 0.6 is 0 Å². The van der Waals surface area contributed by atoms with Crippen molar-refractivity contribution in [2.24, 2.45) is 5.92 Å². The van der Waals surface area contributed by atoms with Gasteiger partial charge in [0.1, 0.15) is 0 Å². The van der Waals surface area contributed by atoms with E-state index in [-0.39, 0.29) is 0 Å². The Hall–Kier alpha value is -0.300. The van der Waals surface area contributed by atoms with E-state index >= 15 is 0 Å². The second kappa shape index (κ2) is 13.7. The third kappa shape index (κ3) is 9.99. The number of hydrogen-bond acceptors (Lipinski definition) is 1. The second-order valence-electron chi connectivity index (χ2n) is 3.85. The second-order valence-corrected chi connectivity index (χ2v) is 3.85. The van der Waals surface area contributed by atoms with Crippen molar-refractivity contribution in [3.8, 4) is 0 Å². The molecule has 1 aliphatic rings. The summed E-state index contributed by atoms with van der Waals surface area (Å²) in [6, 6.07) is 0. The number of hydrogen-bond donors (Lipinski definition) is 1. The number of rotatable bonds is 2. The zero-order valence-electron chi connectivity index (χ0n) is 11.5. The van der Waals surface area contributed by atoms with Crippen molar-refractivity contribution in [3.05, 3.63) is 12.2 Å². The first-order valence-electron chi connectivity index (χ1n) is 6.52. The highest BCUT2D eigenvalue weighted by Gasteiger charge is 2.14. The molecule has 0 aromatic heterocycles. The molecule has 0 saturated heterocycles. The minimum Gasteiger partial charge on any atom is -0.323 e. The molecule has 0 spiro atoms. The molecule has 0 atom stereocenters. The van der Waals surface area contributed by atoms with E-state index in [0.29, 0.717) is 0 Å². The largest absolute Gasteiger partial charge is 0.323 e. The van der Waals surface area contributed by atoms with Gasteiger partial charge in [0, 0.05) is 0 Å². The summed E-state index contributed by atoms with van der Waals surface area (Å²) in [7, 11) is 3.75. The highest BCUT2D eigenvalue weighted by atomic mass is 14.7. The molecule has 1 aliphatic carbocycles. The highest BCUT2D eigenvalue weighted by molar-refractivity contribution is 5.00. The molecule has 92 valence electrons. The molecule has 1 saturated carbocycles. The van der Waals surface area contributed by atoms with E-state index < -0.39 is 0 Å². The molecule has 0 bridgehead atoms. The van der Waals surface area contributed by atoms with Gasteiger partial charge in [0.2, 0.25) is 0 Å². The first-order chi connectivity index (χ1) is 7.26. The summed E-state index contributed by atoms with van der Waals surface area (Å²) in [4.78, 5) is 0. The monoisotopic (exact) mass is 213 g/mol. The molecule has 1 nitrogen and oxygen atoms in total. The minimum atomic E-state index is 0.874. The van der Waals surface area contributed by atoms with Gasteiger partial charge < -0.3 is 5.32 Å². The van der Waals surface area contributed by atoms with Gasteiger partial charge in [0.05, 0.1) is 0 Å². The fourth-order valence-electron chi connectivity index (χ4n) is 1.80. The van der Waals surface area contributed by atoms with Crippen LogP contribution in [0, 0.1) is 5.92 Å². The topological polar surface area (TPSA) is 12.0 Å². The van der Waals surface area contributed by atoms with Crippen LogP contribution in [0.25, 0.3) is 0 Å². The molecule has 1 N–H and O–H groups in total. The van der Waals surface area contributed by atoms with Crippen LogP contribution in [0.5, 0.6) is 0 Å². The lowest BCUT2D eigenvalue weighted by Gasteiger charge is -2.22. The van der Waals surface area contributed by atoms with Crippen molar-refractivity contribution in [1.82, 2.24) is 5.32 Å². The molecule has 1 fully saturated rings. The molecular weight excluding hydrogens is 182 g/mol. The van der Waals surface area contributed by atoms with Crippen LogP contribution in [0.1, 0.15) is 59.3 Å². The zero-order valence-corrected chi connectivity index (χ0v) is 11.5. The van der Waals surface area contributed by atoms with Crippen molar-refractivity contribution in [1.29, 1.82) is 0 Å². The Kier molecular flexibility index (Phi) is 15.6. The van der Waals surface area contributed by atoms with Crippen LogP contribution in [-0.4, -0.2) is 14.1 Å². The van der Waals surface area contributed by atoms with E-state index in [2.05, 4.69) is 18.8 Å². The van der Waals surface area contributed by atoms with Crippen molar-refractivity contribution >= 4 is 0 Å². The molecule has 0 amide bonds. The summed E-state index contributed by atoms with van der Waals surface area (Å²) in [5.74, 6) is 0.874. The van der Waals surface area contributed by atoms with Crippen LogP contribution in [0.15, 0.2) is 12.2 Å². The maximum absolute atomic E-state index is 4.10. The van der Waals surface area contributed by atoms with Gasteiger partial charge in [-0.05, 0) is 39.3 Å². The first-order valence-corrected chi connectivity index (χ1v) is 6.52. The van der Waals surface area contributed by atoms with Gasteiger partial charge in [0.25, 0.3) is 0 Å². The molecule has 0 unspecified atom stereocenters. The van der Waals surface area contributed by atoms with Gasteiger partial charge in [-0.25, -0.2) is 0 Å². The number of nitrogens with one attached hydrogen (secondary N) is 1. The van der Waals surface area contributed by atoms with E-state index in [1.807, 2.05) is 27.9 Å². The average molecular weight is 213 g/mol. The van der Waals surface area contributed by atoms with Crippen LogP contribution in [0.2, 0.25) is 0 Å². The summed E-state index contributed by atoms with van der Waals surface area (Å²) in [5.41, 5.74) is 1.49. The van der Waals surface area contributed by atoms with Crippen LogP contribution in [-0.2, 0) is 0 Å². The van der Waals surface area contributed by atoms with E-state index in [9.17, 15) is 0 Å². The maximum Gasteiger partial charge on any atom is -0.0167 e. The van der Waals surface area contributed by atoms with E-state index in [0.717, 1.165) is 5.92 Å². The van der Waals surface area contributed by atoms with Crippen molar-refractivity contribution in [2.75, 3.05) is 14.1 Å². The smallest absolute Gasteiger partial charge is 0.0167 e. The molecule has 1 rings (SSSR count). The van der Waals surface area contributed by atoms with E-state index in [1.54, 1.807) is 0 Å². The number of allylic oxidation sites excluding steroid dienone is 1. The Labute approximate surface area is 97.3 Å². The van der Waals surface area contributed by atoms with Gasteiger partial charge in [-0.15, -0.1) is 0 Å². The predicted molar refractivity (Wildman–Crippen MR) is 72.3 cm³/mol. The van der Waals surface area contributed by atoms with Crippen molar-refractivity contribution in [3.63, 3.8) is 0 Å². The van der Waals surface area contributed by atoms with Crippen LogP contribution in [0.4, 0.5) is 0 Å². The van der Waals surface area contributed by atoms with Gasteiger partial charge in [-0.3, -0.25) is 0 Å². The Bertz CT molecular complexity index is 123. The van der Waals surface area contributed by atoms with E-state index in [4.69, 9.17) is 0 Å². The molecule has 1 heteroatoms. The predicted octanol–water partition coefficient (Wildman–Crippen LogP) is 4.39. The van der Waals surface area contributed by atoms with Crippen LogP contribution < -0.4 is 5.32 Å². The maximum atomic E-state index is 4.10. The quantitative estimate of drug-likeness (QED) is 0.671. The minimum absolute atomic E-state index is 0.874. The molecular formula is C14H31N. The Morgan fingerprint density at radius 1 is 1.13 bits per heavy atom. The summed E-state index contributed by atoms with van der Waals surface area (Å²) >= 11 is 0. The summed E-state index contributed by atoms with van der Waals surface area (Å²) in [6.45, 7) is 10.3. The van der Waals surface area contributed by atoms with Gasteiger partial charge >= 0.3 is 0 Å². The molecule has 0 aromatic rings. The standard InChI is InChI=1S/C10H18.C2H7N.C2H6/c1-3-9(2)10-7-5-4-6-8-10;1-3-2;1-2/h10H,2-8H2,1H3;3H,1-2H3;1-2H3. The average Bonchev–Trinajstić information content (AvgIpc) is 2.33. The normalized spacial score (nSPS) is 15.5. The van der Waals surface area contributed by atoms with E-state index in [1.165, 1.54) is 44.1 Å². The summed E-state index contributed by atoms with van der Waals surface area (Å²) in [6.07, 6.45) is 8.32. The Balaban J connectivity index is 0. The van der Waals surface area contributed by atoms with Crippen LogP contribution in [0.3, 0.4) is 0 Å². The SMILES string of the molecule is C=C(CC)C1CCCCC1.CC.CNC. The molecule has 0 heterocycles. The molecule has 15 heavy (non-hydrogen) atoms. The molecule has 0 radical (unpaired) electrons. The lowest BCUT2D eigenvalue weighted by Crippen LogP contribution is -2.07. The fourth-order valence-corrected chi connectivity index (χ4v) is 1.80. The lowest BCUT2D eigenvalue weighted by atomic mass is 9.83. The zero-order chi connectivity index (χ0) is 12.1. The third-order valence-electron chi connectivity index (χ3n) is 2.64. The Morgan fingerprint density at radius 2 is 1.53 bits per heavy atom. The van der Waals surface area contributed by atoms with Gasteiger partial charge in [0.15, 0.2) is 0 Å². The van der Waals surface area contributed by atoms with Gasteiger partial charge in [-0.2, -0.15) is 0 Å². The van der Waals surface area contributed by atoms with Crippen molar-refractivity contribution < 1.29 is 0 Å².